The third-order valence-corrected chi connectivity index (χ3v) is 8.60. The van der Waals surface area contributed by atoms with Gasteiger partial charge in [-0.25, -0.2) is 8.42 Å². The summed E-state index contributed by atoms with van der Waals surface area (Å²) in [5, 5.41) is 22.4. The molecule has 4 rings (SSSR count). The Morgan fingerprint density at radius 3 is 2.47 bits per heavy atom. The SMILES string of the molecule is CCCCOC(=O)CN(c1ccc2c(c1)c(C#N)cn2-c1ccc(NCCN(C)C)nn1)S(=O)(=O)c1cc(Cl)cc(Cl)c1. The zero-order valence-corrected chi connectivity index (χ0v) is 26.2. The summed E-state index contributed by atoms with van der Waals surface area (Å²) in [7, 11) is -0.377. The smallest absolute Gasteiger partial charge is 0.326 e. The van der Waals surface area contributed by atoms with E-state index in [0.717, 1.165) is 17.3 Å². The van der Waals surface area contributed by atoms with E-state index in [2.05, 4.69) is 21.6 Å². The van der Waals surface area contributed by atoms with E-state index >= 15 is 0 Å². The molecule has 0 atom stereocenters. The fourth-order valence-corrected chi connectivity index (χ4v) is 6.35. The molecule has 226 valence electrons. The summed E-state index contributed by atoms with van der Waals surface area (Å²) in [6.07, 6.45) is 3.05. The first-order valence-corrected chi connectivity index (χ1v) is 15.7. The Balaban J connectivity index is 1.74. The van der Waals surface area contributed by atoms with Crippen molar-refractivity contribution >= 4 is 61.6 Å². The highest BCUT2D eigenvalue weighted by Crippen LogP contribution is 2.32. The maximum absolute atomic E-state index is 13.9. The number of ether oxygens (including phenoxy) is 1. The summed E-state index contributed by atoms with van der Waals surface area (Å²) in [6, 6.07) is 14.4. The monoisotopic (exact) mass is 643 g/mol. The largest absolute Gasteiger partial charge is 0.464 e. The summed E-state index contributed by atoms with van der Waals surface area (Å²) in [6.45, 7) is 3.04. The molecule has 43 heavy (non-hydrogen) atoms. The molecular weight excluding hydrogens is 613 g/mol. The number of halogens is 2. The molecule has 0 aliphatic rings. The first-order valence-electron chi connectivity index (χ1n) is 13.5. The lowest BCUT2D eigenvalue weighted by Crippen LogP contribution is -2.36. The Bertz CT molecular complexity index is 1730. The van der Waals surface area contributed by atoms with Gasteiger partial charge in [0.1, 0.15) is 18.4 Å². The Labute approximate surface area is 260 Å². The van der Waals surface area contributed by atoms with E-state index < -0.39 is 22.5 Å². The van der Waals surface area contributed by atoms with E-state index in [9.17, 15) is 18.5 Å². The number of unbranched alkanes of at least 4 members (excludes halogenated alkanes) is 1. The molecule has 0 aliphatic heterocycles. The number of fused-ring (bicyclic) bond motifs is 1. The number of benzene rings is 2. The van der Waals surface area contributed by atoms with Crippen LogP contribution in [-0.4, -0.2) is 74.4 Å². The molecule has 0 bridgehead atoms. The average molecular weight is 645 g/mol. The topological polar surface area (TPSA) is 133 Å². The number of likely N-dealkylation sites (N-methyl/N-ethyl adjacent to an activating group) is 1. The van der Waals surface area contributed by atoms with Gasteiger partial charge in [-0.05, 0) is 69.0 Å². The number of carbonyl (C=O) groups excluding carboxylic acids is 1. The molecule has 4 aromatic rings. The van der Waals surface area contributed by atoms with Gasteiger partial charge in [0.2, 0.25) is 0 Å². The average Bonchev–Trinajstić information content (AvgIpc) is 3.33. The summed E-state index contributed by atoms with van der Waals surface area (Å²) in [5.74, 6) is 0.352. The van der Waals surface area contributed by atoms with Crippen LogP contribution in [0.3, 0.4) is 0 Å². The Morgan fingerprint density at radius 2 is 1.84 bits per heavy atom. The lowest BCUT2D eigenvalue weighted by atomic mass is 10.1. The number of nitriles is 1. The van der Waals surface area contributed by atoms with Gasteiger partial charge in [0, 0.05) is 34.7 Å². The quantitative estimate of drug-likeness (QED) is 0.156. The van der Waals surface area contributed by atoms with Crippen LogP contribution < -0.4 is 9.62 Å². The van der Waals surface area contributed by atoms with Crippen molar-refractivity contribution in [3.8, 4) is 11.9 Å². The van der Waals surface area contributed by atoms with Gasteiger partial charge in [-0.1, -0.05) is 36.5 Å². The molecule has 0 amide bonds. The highest BCUT2D eigenvalue weighted by Gasteiger charge is 2.29. The molecule has 0 aliphatic carbocycles. The van der Waals surface area contributed by atoms with Crippen molar-refractivity contribution in [2.45, 2.75) is 24.7 Å². The first kappa shape index (κ1) is 32.0. The number of carbonyl (C=O) groups is 1. The van der Waals surface area contributed by atoms with Crippen LogP contribution in [-0.2, 0) is 19.6 Å². The van der Waals surface area contributed by atoms with Crippen molar-refractivity contribution in [3.63, 3.8) is 0 Å². The van der Waals surface area contributed by atoms with Crippen molar-refractivity contribution in [3.05, 3.63) is 70.3 Å². The molecule has 0 saturated carbocycles. The van der Waals surface area contributed by atoms with Gasteiger partial charge in [0.25, 0.3) is 10.0 Å². The van der Waals surface area contributed by atoms with Crippen LogP contribution in [0.1, 0.15) is 25.3 Å². The minimum atomic E-state index is -4.33. The maximum atomic E-state index is 13.9. The standard InChI is InChI=1S/C29H31Cl2N7O4S/c1-4-5-12-42-29(39)19-38(43(40,41)24-14-21(30)13-22(31)15-24)23-6-7-26-25(16-23)20(17-32)18-37(26)28-9-8-27(34-35-28)33-10-11-36(2)3/h6-9,13-16,18H,4-5,10-12,19H2,1-3H3,(H,33,34). The van der Waals surface area contributed by atoms with Crippen LogP contribution >= 0.6 is 23.2 Å². The van der Waals surface area contributed by atoms with E-state index in [-0.39, 0.29) is 32.8 Å². The van der Waals surface area contributed by atoms with Crippen LogP contribution in [0.2, 0.25) is 10.0 Å². The second kappa shape index (κ2) is 14.1. The zero-order chi connectivity index (χ0) is 31.1. The van der Waals surface area contributed by atoms with E-state index in [1.165, 1.54) is 24.3 Å². The molecule has 0 radical (unpaired) electrons. The predicted molar refractivity (Wildman–Crippen MR) is 167 cm³/mol. The number of esters is 1. The fourth-order valence-electron chi connectivity index (χ4n) is 4.22. The number of aromatic nitrogens is 3. The van der Waals surface area contributed by atoms with Gasteiger partial charge in [-0.2, -0.15) is 5.26 Å². The second-order valence-electron chi connectivity index (χ2n) is 9.92. The third kappa shape index (κ3) is 7.74. The number of nitrogens with one attached hydrogen (secondary N) is 1. The molecule has 0 saturated heterocycles. The third-order valence-electron chi connectivity index (χ3n) is 6.42. The summed E-state index contributed by atoms with van der Waals surface area (Å²) < 4.78 is 35.6. The number of anilines is 2. The zero-order valence-electron chi connectivity index (χ0n) is 23.9. The summed E-state index contributed by atoms with van der Waals surface area (Å²) in [4.78, 5) is 14.6. The maximum Gasteiger partial charge on any atom is 0.326 e. The Hall–Kier alpha value is -3.89. The van der Waals surface area contributed by atoms with Crippen molar-refractivity contribution in [1.29, 1.82) is 5.26 Å². The normalized spacial score (nSPS) is 11.5. The molecule has 2 aromatic heterocycles. The van der Waals surface area contributed by atoms with Crippen LogP contribution in [0.25, 0.3) is 16.7 Å². The lowest BCUT2D eigenvalue weighted by molar-refractivity contribution is -0.141. The minimum Gasteiger partial charge on any atom is -0.464 e. The molecule has 0 fully saturated rings. The fraction of sp³-hybridized carbons (Fsp3) is 0.310. The first-order chi connectivity index (χ1) is 20.5. The predicted octanol–water partition coefficient (Wildman–Crippen LogP) is 5.11. The van der Waals surface area contributed by atoms with Gasteiger partial charge in [0.05, 0.1) is 28.3 Å². The van der Waals surface area contributed by atoms with Crippen LogP contribution in [0.4, 0.5) is 11.5 Å². The van der Waals surface area contributed by atoms with Crippen molar-refractivity contribution < 1.29 is 17.9 Å². The molecule has 11 nitrogen and oxygen atoms in total. The number of hydrogen-bond donors (Lipinski definition) is 1. The van der Waals surface area contributed by atoms with Crippen molar-refractivity contribution in [2.24, 2.45) is 0 Å². The van der Waals surface area contributed by atoms with E-state index in [4.69, 9.17) is 27.9 Å². The van der Waals surface area contributed by atoms with Crippen molar-refractivity contribution in [2.75, 3.05) is 50.0 Å². The van der Waals surface area contributed by atoms with Gasteiger partial charge in [0.15, 0.2) is 5.82 Å². The molecule has 2 heterocycles. The Morgan fingerprint density at radius 1 is 1.09 bits per heavy atom. The van der Waals surface area contributed by atoms with Gasteiger partial charge in [-0.15, -0.1) is 10.2 Å². The number of sulfonamides is 1. The van der Waals surface area contributed by atoms with E-state index in [0.29, 0.717) is 35.5 Å². The lowest BCUT2D eigenvalue weighted by Gasteiger charge is -2.24. The van der Waals surface area contributed by atoms with E-state index in [1.54, 1.807) is 35.0 Å². The molecule has 1 N–H and O–H groups in total. The summed E-state index contributed by atoms with van der Waals surface area (Å²) in [5.41, 5.74) is 1.02. The highest BCUT2D eigenvalue weighted by atomic mass is 35.5. The van der Waals surface area contributed by atoms with Crippen LogP contribution in [0.15, 0.2) is 59.6 Å². The highest BCUT2D eigenvalue weighted by molar-refractivity contribution is 7.92. The van der Waals surface area contributed by atoms with Crippen LogP contribution in [0.5, 0.6) is 0 Å². The molecule has 0 spiro atoms. The minimum absolute atomic E-state index is 0.121. The van der Waals surface area contributed by atoms with Crippen molar-refractivity contribution in [1.82, 2.24) is 19.7 Å². The molecule has 0 unspecified atom stereocenters. The molecule has 14 heteroatoms. The number of nitrogens with zero attached hydrogens (tertiary/aromatic N) is 6. The second-order valence-corrected chi connectivity index (χ2v) is 12.7. The van der Waals surface area contributed by atoms with Gasteiger partial charge >= 0.3 is 5.97 Å². The van der Waals surface area contributed by atoms with Crippen LogP contribution in [0, 0.1) is 11.3 Å². The number of rotatable bonds is 13. The van der Waals surface area contributed by atoms with Gasteiger partial charge in [-0.3, -0.25) is 13.7 Å². The van der Waals surface area contributed by atoms with Gasteiger partial charge < -0.3 is 15.0 Å². The Kier molecular flexibility index (Phi) is 10.5. The molecular formula is C29H31Cl2N7O4S. The number of hydrogen-bond acceptors (Lipinski definition) is 9. The van der Waals surface area contributed by atoms with E-state index in [1.807, 2.05) is 25.9 Å². The summed E-state index contributed by atoms with van der Waals surface area (Å²) >= 11 is 12.2. The molecule has 2 aromatic carbocycles.